The summed E-state index contributed by atoms with van der Waals surface area (Å²) >= 11 is 7.03. The topological polar surface area (TPSA) is 124 Å². The molecule has 0 spiro atoms. The summed E-state index contributed by atoms with van der Waals surface area (Å²) in [6.07, 6.45) is 12.7. The number of benzene rings is 2. The number of anilines is 1. The van der Waals surface area contributed by atoms with Gasteiger partial charge in [0.25, 0.3) is 20.2 Å². The van der Waals surface area contributed by atoms with E-state index in [0.29, 0.717) is 42.3 Å². The van der Waals surface area contributed by atoms with E-state index in [4.69, 9.17) is 16.3 Å². The molecule has 3 aliphatic rings. The third kappa shape index (κ3) is 7.97. The van der Waals surface area contributed by atoms with Crippen LogP contribution in [-0.4, -0.2) is 61.7 Å². The second-order valence-corrected chi connectivity index (χ2v) is 17.5. The van der Waals surface area contributed by atoms with Gasteiger partial charge in [0.15, 0.2) is 5.71 Å². The fourth-order valence-electron chi connectivity index (χ4n) is 7.23. The molecule has 0 aliphatic carbocycles. The van der Waals surface area contributed by atoms with Crippen LogP contribution in [0.3, 0.4) is 0 Å². The normalized spacial score (nSPS) is 20.3. The van der Waals surface area contributed by atoms with Gasteiger partial charge in [-0.2, -0.15) is 21.4 Å². The zero-order chi connectivity index (χ0) is 36.5. The van der Waals surface area contributed by atoms with Gasteiger partial charge >= 0.3 is 0 Å². The number of rotatable bonds is 13. The molecule has 5 rings (SSSR count). The number of para-hydroxylation sites is 1. The molecule has 0 saturated carbocycles. The van der Waals surface area contributed by atoms with Crippen molar-refractivity contribution in [1.29, 1.82) is 0 Å². The number of ether oxygens (including phenoxy) is 1. The maximum atomic E-state index is 12.0. The van der Waals surface area contributed by atoms with Crippen molar-refractivity contribution in [2.24, 2.45) is 0 Å². The number of allylic oxidation sites excluding steroid dienone is 6. The van der Waals surface area contributed by atoms with Crippen LogP contribution in [0.25, 0.3) is 0 Å². The Morgan fingerprint density at radius 1 is 0.920 bits per heavy atom. The lowest BCUT2D eigenvalue weighted by atomic mass is 9.81. The van der Waals surface area contributed by atoms with Crippen LogP contribution in [0.5, 0.6) is 0 Å². The van der Waals surface area contributed by atoms with E-state index in [1.54, 1.807) is 6.07 Å². The molecule has 2 aromatic carbocycles. The standard InChI is InChI=1S/C38H47ClN2O7S2/c1-6-7-10-22-40-31-14-9-8-13-29(31)37(2,3)35(40)20-18-33-36(39)27(21-24-48-33)15-19-34-38(4,5)30-26-28(50(45,46)47)16-17-32(30)41(34)23-11-12-25-49(42,43)44/h8-9,13-20,26H,6-7,10-12,21-25H2,1-5H3,(H-,42,43,44,45,46,47)/p+1. The van der Waals surface area contributed by atoms with Crippen molar-refractivity contribution >= 4 is 48.9 Å². The van der Waals surface area contributed by atoms with Crippen LogP contribution in [-0.2, 0) is 35.8 Å². The van der Waals surface area contributed by atoms with E-state index in [0.717, 1.165) is 42.8 Å². The number of hydrogen-bond acceptors (Lipinski definition) is 6. The Kier molecular flexibility index (Phi) is 11.2. The molecule has 3 aliphatic heterocycles. The summed E-state index contributed by atoms with van der Waals surface area (Å²) in [5.41, 5.74) is 6.07. The summed E-state index contributed by atoms with van der Waals surface area (Å²) in [5.74, 6) is 0.237. The van der Waals surface area contributed by atoms with Crippen molar-refractivity contribution < 1.29 is 35.3 Å². The molecule has 0 atom stereocenters. The highest BCUT2D eigenvalue weighted by Gasteiger charge is 2.44. The molecule has 0 saturated heterocycles. The molecule has 3 heterocycles. The van der Waals surface area contributed by atoms with Gasteiger partial charge in [-0.3, -0.25) is 9.11 Å². The number of hydrogen-bond donors (Lipinski definition) is 2. The molecule has 2 aromatic rings. The summed E-state index contributed by atoms with van der Waals surface area (Å²) in [6.45, 7) is 12.5. The Balaban J connectivity index is 1.49. The quantitative estimate of drug-likeness (QED) is 0.120. The number of unbranched alkanes of at least 4 members (excludes halogenated alkanes) is 3. The van der Waals surface area contributed by atoms with Gasteiger partial charge in [0.2, 0.25) is 5.69 Å². The third-order valence-corrected chi connectivity index (χ3v) is 12.0. The van der Waals surface area contributed by atoms with Crippen molar-refractivity contribution in [2.75, 3.05) is 30.3 Å². The Bertz CT molecular complexity index is 2020. The number of nitrogens with zero attached hydrogens (tertiary/aromatic N) is 2. The van der Waals surface area contributed by atoms with E-state index in [2.05, 4.69) is 55.7 Å². The molecule has 0 unspecified atom stereocenters. The van der Waals surface area contributed by atoms with E-state index in [-0.39, 0.29) is 22.5 Å². The molecular weight excluding hydrogens is 696 g/mol. The highest BCUT2D eigenvalue weighted by Crippen LogP contribution is 2.49. The molecule has 50 heavy (non-hydrogen) atoms. The van der Waals surface area contributed by atoms with Crippen LogP contribution in [0.2, 0.25) is 0 Å². The summed E-state index contributed by atoms with van der Waals surface area (Å²) < 4.78 is 74.2. The lowest BCUT2D eigenvalue weighted by Crippen LogP contribution is -2.28. The fraction of sp³-hybridized carbons (Fsp3) is 0.447. The Morgan fingerprint density at radius 2 is 1.66 bits per heavy atom. The van der Waals surface area contributed by atoms with E-state index >= 15 is 0 Å². The zero-order valence-electron chi connectivity index (χ0n) is 29.4. The van der Waals surface area contributed by atoms with Crippen LogP contribution in [0.1, 0.15) is 84.3 Å². The Hall–Kier alpha value is -3.22. The third-order valence-electron chi connectivity index (χ3n) is 9.94. The van der Waals surface area contributed by atoms with Gasteiger partial charge in [0, 0.05) is 53.9 Å². The van der Waals surface area contributed by atoms with Crippen LogP contribution in [0, 0.1) is 0 Å². The number of fused-ring (bicyclic) bond motifs is 2. The highest BCUT2D eigenvalue weighted by atomic mass is 35.5. The number of halogens is 1. The van der Waals surface area contributed by atoms with Crippen molar-refractivity contribution in [1.82, 2.24) is 0 Å². The molecule has 0 amide bonds. The predicted octanol–water partition coefficient (Wildman–Crippen LogP) is 8.20. The zero-order valence-corrected chi connectivity index (χ0v) is 31.8. The second-order valence-electron chi connectivity index (χ2n) is 14.2. The predicted molar refractivity (Wildman–Crippen MR) is 200 cm³/mol. The first-order valence-corrected chi connectivity index (χ1v) is 20.6. The van der Waals surface area contributed by atoms with E-state index in [1.807, 2.05) is 37.0 Å². The van der Waals surface area contributed by atoms with Crippen molar-refractivity contribution in [2.45, 2.75) is 88.9 Å². The van der Waals surface area contributed by atoms with Gasteiger partial charge < -0.3 is 9.64 Å². The molecular formula is C38H48ClN2O7S2+. The largest absolute Gasteiger partial charge is 0.492 e. The minimum Gasteiger partial charge on any atom is -0.492 e. The van der Waals surface area contributed by atoms with Gasteiger partial charge in [-0.1, -0.05) is 63.1 Å². The highest BCUT2D eigenvalue weighted by molar-refractivity contribution is 7.86. The summed E-state index contributed by atoms with van der Waals surface area (Å²) in [4.78, 5) is 1.84. The van der Waals surface area contributed by atoms with Gasteiger partial charge in [0.1, 0.15) is 12.3 Å². The van der Waals surface area contributed by atoms with Gasteiger partial charge in [-0.15, -0.1) is 0 Å². The maximum absolute atomic E-state index is 12.0. The second kappa shape index (κ2) is 14.8. The van der Waals surface area contributed by atoms with Gasteiger partial charge in [-0.05, 0) is 74.6 Å². The smallest absolute Gasteiger partial charge is 0.294 e. The van der Waals surface area contributed by atoms with Crippen LogP contribution < -0.4 is 4.90 Å². The van der Waals surface area contributed by atoms with Crippen LogP contribution >= 0.6 is 11.6 Å². The van der Waals surface area contributed by atoms with Crippen LogP contribution in [0.4, 0.5) is 11.4 Å². The van der Waals surface area contributed by atoms with Crippen molar-refractivity contribution in [3.63, 3.8) is 0 Å². The van der Waals surface area contributed by atoms with Gasteiger partial charge in [-0.25, -0.2) is 0 Å². The molecule has 0 bridgehead atoms. The molecule has 270 valence electrons. The first-order chi connectivity index (χ1) is 23.5. The van der Waals surface area contributed by atoms with E-state index in [9.17, 15) is 25.9 Å². The molecule has 0 aromatic heterocycles. The fourth-order valence-corrected chi connectivity index (χ4v) is 8.58. The van der Waals surface area contributed by atoms with Crippen molar-refractivity contribution in [3.8, 4) is 0 Å². The summed E-state index contributed by atoms with van der Waals surface area (Å²) in [5, 5.41) is 0.512. The Morgan fingerprint density at radius 3 is 2.36 bits per heavy atom. The minimum absolute atomic E-state index is 0.197. The summed E-state index contributed by atoms with van der Waals surface area (Å²) in [6, 6.07) is 13.1. The first kappa shape index (κ1) is 38.0. The Labute approximate surface area is 302 Å². The lowest BCUT2D eigenvalue weighted by Gasteiger charge is -2.27. The lowest BCUT2D eigenvalue weighted by molar-refractivity contribution is -0.438. The van der Waals surface area contributed by atoms with Crippen molar-refractivity contribution in [3.05, 3.63) is 100.0 Å². The van der Waals surface area contributed by atoms with E-state index < -0.39 is 25.7 Å². The van der Waals surface area contributed by atoms with Gasteiger partial charge in [0.05, 0.1) is 27.7 Å². The van der Waals surface area contributed by atoms with Crippen LogP contribution in [0.15, 0.2) is 93.7 Å². The SMILES string of the molecule is CCCCC[N+]1=C(/C=C/C2=C(Cl)C(=C/C=C3/N(CCCCS(=O)(=O)O)c4ccc(S(=O)(=O)O)cc4C3(C)C)/CCO2)C(C)(C)c2ccccc21. The molecule has 9 nitrogen and oxygen atoms in total. The summed E-state index contributed by atoms with van der Waals surface area (Å²) in [7, 11) is -8.52. The average molecular weight is 744 g/mol. The molecule has 0 radical (unpaired) electrons. The average Bonchev–Trinajstić information content (AvgIpc) is 3.39. The molecule has 2 N–H and O–H groups in total. The molecule has 12 heteroatoms. The molecule has 0 fully saturated rings. The monoisotopic (exact) mass is 743 g/mol. The first-order valence-electron chi connectivity index (χ1n) is 17.2. The van der Waals surface area contributed by atoms with E-state index in [1.165, 1.54) is 29.1 Å². The maximum Gasteiger partial charge on any atom is 0.294 e. The minimum atomic E-state index is -4.43.